The summed E-state index contributed by atoms with van der Waals surface area (Å²) in [5.41, 5.74) is 5.90. The zero-order chi connectivity index (χ0) is 15.1. The van der Waals surface area contributed by atoms with Crippen LogP contribution in [0.4, 0.5) is 17.1 Å². The lowest BCUT2D eigenvalue weighted by Gasteiger charge is -2.33. The van der Waals surface area contributed by atoms with Crippen molar-refractivity contribution in [3.05, 3.63) is 77.9 Å². The van der Waals surface area contributed by atoms with Gasteiger partial charge in [-0.1, -0.05) is 30.3 Å². The number of fused-ring (bicyclic) bond motifs is 2. The van der Waals surface area contributed by atoms with Crippen LogP contribution < -0.4 is 9.64 Å². The van der Waals surface area contributed by atoms with Crippen LogP contribution in [-0.2, 0) is 0 Å². The molecule has 0 spiro atoms. The van der Waals surface area contributed by atoms with Crippen LogP contribution in [0.1, 0.15) is 11.1 Å². The number of rotatable bonds is 1. The Bertz CT molecular complexity index is 808. The summed E-state index contributed by atoms with van der Waals surface area (Å²) in [4.78, 5) is 2.26. The van der Waals surface area contributed by atoms with Crippen LogP contribution in [0.3, 0.4) is 0 Å². The number of aryl methyl sites for hydroxylation is 2. The van der Waals surface area contributed by atoms with E-state index in [2.05, 4.69) is 49.1 Å². The van der Waals surface area contributed by atoms with Gasteiger partial charge in [-0.3, -0.25) is 0 Å². The molecular weight excluding hydrogens is 270 g/mol. The molecule has 0 atom stereocenters. The first kappa shape index (κ1) is 13.0. The van der Waals surface area contributed by atoms with Crippen LogP contribution in [0.5, 0.6) is 11.5 Å². The minimum absolute atomic E-state index is 0.888. The molecule has 0 radical (unpaired) electrons. The molecule has 0 fully saturated rings. The largest absolute Gasteiger partial charge is 0.453 e. The third-order valence-corrected chi connectivity index (χ3v) is 4.18. The van der Waals surface area contributed by atoms with E-state index in [0.29, 0.717) is 0 Å². The lowest BCUT2D eigenvalue weighted by atomic mass is 10.1. The SMILES string of the molecule is Cc1ccc(N2c3ccccc3Oc3ccccc32)cc1C. The minimum atomic E-state index is 0.888. The summed E-state index contributed by atoms with van der Waals surface area (Å²) in [5, 5.41) is 0. The van der Waals surface area contributed by atoms with E-state index in [9.17, 15) is 0 Å². The summed E-state index contributed by atoms with van der Waals surface area (Å²) in [6, 6.07) is 22.9. The number of hydrogen-bond donors (Lipinski definition) is 0. The van der Waals surface area contributed by atoms with Crippen LogP contribution in [0.25, 0.3) is 0 Å². The molecule has 0 saturated carbocycles. The Labute approximate surface area is 130 Å². The van der Waals surface area contributed by atoms with Gasteiger partial charge in [0.15, 0.2) is 11.5 Å². The maximum atomic E-state index is 6.04. The zero-order valence-electron chi connectivity index (χ0n) is 12.7. The van der Waals surface area contributed by atoms with Gasteiger partial charge in [0.05, 0.1) is 11.4 Å². The van der Waals surface area contributed by atoms with Crippen LogP contribution in [-0.4, -0.2) is 0 Å². The molecule has 1 aliphatic rings. The van der Waals surface area contributed by atoms with Gasteiger partial charge >= 0.3 is 0 Å². The van der Waals surface area contributed by atoms with E-state index in [4.69, 9.17) is 4.74 Å². The second kappa shape index (κ2) is 4.92. The van der Waals surface area contributed by atoms with Crippen molar-refractivity contribution in [1.29, 1.82) is 0 Å². The average molecular weight is 287 g/mol. The second-order valence-corrected chi connectivity index (χ2v) is 5.64. The number of benzene rings is 3. The van der Waals surface area contributed by atoms with Gasteiger partial charge in [0.1, 0.15) is 0 Å². The first-order valence-corrected chi connectivity index (χ1v) is 7.47. The van der Waals surface area contributed by atoms with Gasteiger partial charge in [-0.2, -0.15) is 0 Å². The zero-order valence-corrected chi connectivity index (χ0v) is 12.7. The van der Waals surface area contributed by atoms with Gasteiger partial charge in [0, 0.05) is 5.69 Å². The summed E-state index contributed by atoms with van der Waals surface area (Å²) in [5.74, 6) is 1.78. The average Bonchev–Trinajstić information content (AvgIpc) is 2.55. The van der Waals surface area contributed by atoms with E-state index in [-0.39, 0.29) is 0 Å². The summed E-state index contributed by atoms with van der Waals surface area (Å²) >= 11 is 0. The van der Waals surface area contributed by atoms with Crippen molar-refractivity contribution < 1.29 is 4.74 Å². The van der Waals surface area contributed by atoms with Crippen LogP contribution >= 0.6 is 0 Å². The molecule has 3 aromatic rings. The number of nitrogens with zero attached hydrogens (tertiary/aromatic N) is 1. The Balaban J connectivity index is 1.96. The van der Waals surface area contributed by atoms with Gasteiger partial charge in [0.2, 0.25) is 0 Å². The molecule has 2 heteroatoms. The van der Waals surface area contributed by atoms with Crippen molar-refractivity contribution in [3.8, 4) is 11.5 Å². The van der Waals surface area contributed by atoms with Gasteiger partial charge in [-0.05, 0) is 61.4 Å². The van der Waals surface area contributed by atoms with E-state index in [1.807, 2.05) is 36.4 Å². The van der Waals surface area contributed by atoms with Crippen molar-refractivity contribution in [1.82, 2.24) is 0 Å². The molecule has 0 aliphatic carbocycles. The third kappa shape index (κ3) is 1.96. The summed E-state index contributed by atoms with van der Waals surface area (Å²) in [6.07, 6.45) is 0. The van der Waals surface area contributed by atoms with Crippen molar-refractivity contribution in [2.24, 2.45) is 0 Å². The molecule has 4 rings (SSSR count). The molecule has 0 amide bonds. The highest BCUT2D eigenvalue weighted by molar-refractivity contribution is 5.86. The Morgan fingerprint density at radius 2 is 1.27 bits per heavy atom. The molecule has 1 heterocycles. The molecule has 0 N–H and O–H groups in total. The van der Waals surface area contributed by atoms with E-state index in [0.717, 1.165) is 28.6 Å². The van der Waals surface area contributed by atoms with E-state index in [1.165, 1.54) is 11.1 Å². The van der Waals surface area contributed by atoms with Gasteiger partial charge in [0.25, 0.3) is 0 Å². The fraction of sp³-hybridized carbons (Fsp3) is 0.100. The summed E-state index contributed by atoms with van der Waals surface area (Å²) in [7, 11) is 0. The standard InChI is InChI=1S/C20H17NO/c1-14-11-12-16(13-15(14)2)21-17-7-3-5-9-19(17)22-20-10-6-4-8-18(20)21/h3-13H,1-2H3. The molecule has 0 saturated heterocycles. The summed E-state index contributed by atoms with van der Waals surface area (Å²) < 4.78 is 6.04. The fourth-order valence-electron chi connectivity index (χ4n) is 2.85. The molecule has 1 aliphatic heterocycles. The maximum Gasteiger partial charge on any atom is 0.151 e. The second-order valence-electron chi connectivity index (χ2n) is 5.64. The number of para-hydroxylation sites is 4. The molecule has 0 aromatic heterocycles. The smallest absolute Gasteiger partial charge is 0.151 e. The van der Waals surface area contributed by atoms with Crippen molar-refractivity contribution in [3.63, 3.8) is 0 Å². The Morgan fingerprint density at radius 1 is 0.682 bits per heavy atom. The Kier molecular flexibility index (Phi) is 2.90. The highest BCUT2D eigenvalue weighted by atomic mass is 16.5. The Morgan fingerprint density at radius 3 is 1.86 bits per heavy atom. The Hall–Kier alpha value is -2.74. The monoisotopic (exact) mass is 287 g/mol. The van der Waals surface area contributed by atoms with Gasteiger partial charge < -0.3 is 9.64 Å². The third-order valence-electron chi connectivity index (χ3n) is 4.18. The quantitative estimate of drug-likeness (QED) is 0.433. The van der Waals surface area contributed by atoms with Crippen molar-refractivity contribution in [2.75, 3.05) is 4.90 Å². The first-order valence-electron chi connectivity index (χ1n) is 7.47. The molecule has 3 aromatic carbocycles. The van der Waals surface area contributed by atoms with Crippen molar-refractivity contribution >= 4 is 17.1 Å². The number of hydrogen-bond acceptors (Lipinski definition) is 2. The fourth-order valence-corrected chi connectivity index (χ4v) is 2.85. The lowest BCUT2D eigenvalue weighted by molar-refractivity contribution is 0.477. The van der Waals surface area contributed by atoms with E-state index in [1.54, 1.807) is 0 Å². The number of ether oxygens (including phenoxy) is 1. The normalized spacial score (nSPS) is 12.4. The molecular formula is C20H17NO. The van der Waals surface area contributed by atoms with E-state index >= 15 is 0 Å². The first-order chi connectivity index (χ1) is 10.7. The van der Waals surface area contributed by atoms with E-state index < -0.39 is 0 Å². The molecule has 22 heavy (non-hydrogen) atoms. The molecule has 108 valence electrons. The van der Waals surface area contributed by atoms with Crippen molar-refractivity contribution in [2.45, 2.75) is 13.8 Å². The van der Waals surface area contributed by atoms with Crippen LogP contribution in [0.15, 0.2) is 66.7 Å². The maximum absolute atomic E-state index is 6.04. The highest BCUT2D eigenvalue weighted by Gasteiger charge is 2.25. The number of anilines is 3. The van der Waals surface area contributed by atoms with Crippen LogP contribution in [0, 0.1) is 13.8 Å². The molecule has 0 unspecified atom stereocenters. The predicted octanol–water partition coefficient (Wildman–Crippen LogP) is 5.88. The highest BCUT2D eigenvalue weighted by Crippen LogP contribution is 2.50. The van der Waals surface area contributed by atoms with Gasteiger partial charge in [-0.25, -0.2) is 0 Å². The summed E-state index contributed by atoms with van der Waals surface area (Å²) in [6.45, 7) is 4.29. The molecule has 0 bridgehead atoms. The van der Waals surface area contributed by atoms with Crippen LogP contribution in [0.2, 0.25) is 0 Å². The topological polar surface area (TPSA) is 12.5 Å². The molecule has 2 nitrogen and oxygen atoms in total. The minimum Gasteiger partial charge on any atom is -0.453 e. The predicted molar refractivity (Wildman–Crippen MR) is 90.7 cm³/mol. The van der Waals surface area contributed by atoms with Gasteiger partial charge in [-0.15, -0.1) is 0 Å². The lowest BCUT2D eigenvalue weighted by Crippen LogP contribution is -2.15.